The van der Waals surface area contributed by atoms with Crippen LogP contribution in [0.3, 0.4) is 0 Å². The van der Waals surface area contributed by atoms with Crippen LogP contribution < -0.4 is 5.32 Å². The zero-order valence-corrected chi connectivity index (χ0v) is 12.3. The van der Waals surface area contributed by atoms with Crippen LogP contribution in [0.4, 0.5) is 0 Å². The number of ether oxygens (including phenoxy) is 1. The fourth-order valence-corrected chi connectivity index (χ4v) is 2.61. The van der Waals surface area contributed by atoms with E-state index in [0.717, 1.165) is 31.6 Å². The second-order valence-corrected chi connectivity index (χ2v) is 5.35. The van der Waals surface area contributed by atoms with Gasteiger partial charge in [0.05, 0.1) is 24.0 Å². The molecule has 1 heterocycles. The predicted octanol–water partition coefficient (Wildman–Crippen LogP) is 2.15. The Hall–Kier alpha value is -0.940. The third-order valence-corrected chi connectivity index (χ3v) is 3.70. The molecular formula is C14H26N4O. The minimum absolute atomic E-state index is 0.207. The number of hydrogen-bond acceptors (Lipinski definition) is 4. The standard InChI is InChI=1S/C14H26N4O/c1-4-8-15-13(14(19-3)11-6-7-11)12-10-16-17-18(12)9-5-2/h10-11,13-15H,4-9H2,1-3H3. The first-order chi connectivity index (χ1) is 9.31. The summed E-state index contributed by atoms with van der Waals surface area (Å²) in [6.07, 6.45) is 6.86. The summed E-state index contributed by atoms with van der Waals surface area (Å²) in [4.78, 5) is 0. The van der Waals surface area contributed by atoms with Crippen LogP contribution in [-0.2, 0) is 11.3 Å². The van der Waals surface area contributed by atoms with Gasteiger partial charge in [0.25, 0.3) is 0 Å². The van der Waals surface area contributed by atoms with Crippen molar-refractivity contribution in [3.63, 3.8) is 0 Å². The van der Waals surface area contributed by atoms with E-state index in [4.69, 9.17) is 4.74 Å². The maximum atomic E-state index is 5.76. The van der Waals surface area contributed by atoms with Gasteiger partial charge in [0, 0.05) is 13.7 Å². The highest BCUT2D eigenvalue weighted by molar-refractivity contribution is 5.08. The van der Waals surface area contributed by atoms with Crippen LogP contribution in [0.15, 0.2) is 6.20 Å². The molecule has 0 radical (unpaired) electrons. The summed E-state index contributed by atoms with van der Waals surface area (Å²) in [6.45, 7) is 6.26. The van der Waals surface area contributed by atoms with Gasteiger partial charge in [-0.25, -0.2) is 4.68 Å². The Morgan fingerprint density at radius 1 is 1.42 bits per heavy atom. The molecule has 0 aliphatic heterocycles. The highest BCUT2D eigenvalue weighted by Crippen LogP contribution is 2.39. The minimum Gasteiger partial charge on any atom is -0.379 e. The van der Waals surface area contributed by atoms with Crippen molar-refractivity contribution >= 4 is 0 Å². The number of methoxy groups -OCH3 is 1. The van der Waals surface area contributed by atoms with Crippen LogP contribution in [0.5, 0.6) is 0 Å². The lowest BCUT2D eigenvalue weighted by Crippen LogP contribution is -2.36. The van der Waals surface area contributed by atoms with E-state index in [2.05, 4.69) is 29.5 Å². The summed E-state index contributed by atoms with van der Waals surface area (Å²) in [5.41, 5.74) is 1.16. The van der Waals surface area contributed by atoms with Crippen molar-refractivity contribution in [1.82, 2.24) is 20.3 Å². The molecule has 5 nitrogen and oxygen atoms in total. The lowest BCUT2D eigenvalue weighted by molar-refractivity contribution is 0.0479. The van der Waals surface area contributed by atoms with Crippen LogP contribution in [0.25, 0.3) is 0 Å². The molecule has 2 rings (SSSR count). The lowest BCUT2D eigenvalue weighted by Gasteiger charge is -2.27. The van der Waals surface area contributed by atoms with E-state index < -0.39 is 0 Å². The van der Waals surface area contributed by atoms with E-state index in [1.54, 1.807) is 0 Å². The largest absolute Gasteiger partial charge is 0.379 e. The van der Waals surface area contributed by atoms with Gasteiger partial charge in [-0.3, -0.25) is 0 Å². The number of nitrogens with zero attached hydrogens (tertiary/aromatic N) is 3. The fraction of sp³-hybridized carbons (Fsp3) is 0.857. The van der Waals surface area contributed by atoms with Crippen LogP contribution >= 0.6 is 0 Å². The fourth-order valence-electron chi connectivity index (χ4n) is 2.61. The first-order valence-electron chi connectivity index (χ1n) is 7.46. The summed E-state index contributed by atoms with van der Waals surface area (Å²) in [5.74, 6) is 0.685. The summed E-state index contributed by atoms with van der Waals surface area (Å²) >= 11 is 0. The van der Waals surface area contributed by atoms with Gasteiger partial charge in [-0.05, 0) is 38.1 Å². The first-order valence-corrected chi connectivity index (χ1v) is 7.46. The number of rotatable bonds is 9. The lowest BCUT2D eigenvalue weighted by atomic mass is 10.0. The van der Waals surface area contributed by atoms with Gasteiger partial charge in [-0.15, -0.1) is 5.10 Å². The van der Waals surface area contributed by atoms with Gasteiger partial charge in [0.2, 0.25) is 0 Å². The molecule has 1 aliphatic rings. The smallest absolute Gasteiger partial charge is 0.0809 e. The van der Waals surface area contributed by atoms with E-state index in [-0.39, 0.29) is 12.1 Å². The highest BCUT2D eigenvalue weighted by atomic mass is 16.5. The number of nitrogens with one attached hydrogen (secondary N) is 1. The third kappa shape index (κ3) is 3.54. The van der Waals surface area contributed by atoms with E-state index in [1.807, 2.05) is 18.0 Å². The van der Waals surface area contributed by atoms with Gasteiger partial charge in [-0.1, -0.05) is 19.1 Å². The monoisotopic (exact) mass is 266 g/mol. The molecule has 108 valence electrons. The molecule has 0 saturated heterocycles. The van der Waals surface area contributed by atoms with Crippen molar-refractivity contribution in [2.24, 2.45) is 5.92 Å². The van der Waals surface area contributed by atoms with Crippen LogP contribution in [0.2, 0.25) is 0 Å². The summed E-state index contributed by atoms with van der Waals surface area (Å²) in [7, 11) is 1.82. The Morgan fingerprint density at radius 2 is 2.21 bits per heavy atom. The number of aryl methyl sites for hydroxylation is 1. The normalized spacial score (nSPS) is 18.5. The summed E-state index contributed by atoms with van der Waals surface area (Å²) < 4.78 is 7.77. The average Bonchev–Trinajstić information content (AvgIpc) is 3.15. The topological polar surface area (TPSA) is 52.0 Å². The minimum atomic E-state index is 0.207. The molecule has 1 aromatic rings. The van der Waals surface area contributed by atoms with Crippen molar-refractivity contribution in [3.8, 4) is 0 Å². The average molecular weight is 266 g/mol. The molecule has 19 heavy (non-hydrogen) atoms. The van der Waals surface area contributed by atoms with Gasteiger partial charge in [-0.2, -0.15) is 0 Å². The molecule has 0 bridgehead atoms. The summed E-state index contributed by atoms with van der Waals surface area (Å²) in [5, 5.41) is 11.9. The maximum Gasteiger partial charge on any atom is 0.0809 e. The predicted molar refractivity (Wildman–Crippen MR) is 74.9 cm³/mol. The first kappa shape index (κ1) is 14.5. The zero-order chi connectivity index (χ0) is 13.7. The third-order valence-electron chi connectivity index (χ3n) is 3.70. The molecule has 2 unspecified atom stereocenters. The Bertz CT molecular complexity index is 375. The van der Waals surface area contributed by atoms with Crippen molar-refractivity contribution < 1.29 is 4.74 Å². The molecule has 1 aromatic heterocycles. The molecule has 0 aromatic carbocycles. The van der Waals surface area contributed by atoms with Gasteiger partial charge >= 0.3 is 0 Å². The zero-order valence-electron chi connectivity index (χ0n) is 12.3. The van der Waals surface area contributed by atoms with Crippen LogP contribution in [0.1, 0.15) is 51.3 Å². The molecule has 1 aliphatic carbocycles. The summed E-state index contributed by atoms with van der Waals surface area (Å²) in [6, 6.07) is 0.207. The number of hydrogen-bond donors (Lipinski definition) is 1. The molecule has 0 amide bonds. The molecule has 1 N–H and O–H groups in total. The number of aromatic nitrogens is 3. The molecule has 0 spiro atoms. The Morgan fingerprint density at radius 3 is 2.79 bits per heavy atom. The maximum absolute atomic E-state index is 5.76. The second kappa shape index (κ2) is 7.01. The van der Waals surface area contributed by atoms with E-state index in [0.29, 0.717) is 5.92 Å². The Balaban J connectivity index is 2.17. The van der Waals surface area contributed by atoms with E-state index in [1.165, 1.54) is 12.8 Å². The van der Waals surface area contributed by atoms with Crippen molar-refractivity contribution in [2.75, 3.05) is 13.7 Å². The Kier molecular flexibility index (Phi) is 5.34. The van der Waals surface area contributed by atoms with E-state index >= 15 is 0 Å². The van der Waals surface area contributed by atoms with Gasteiger partial charge < -0.3 is 10.1 Å². The SMILES string of the molecule is CCCNC(c1cnnn1CCC)C(OC)C1CC1. The van der Waals surface area contributed by atoms with Gasteiger partial charge in [0.15, 0.2) is 0 Å². The second-order valence-electron chi connectivity index (χ2n) is 5.35. The molecule has 1 fully saturated rings. The molecular weight excluding hydrogens is 240 g/mol. The Labute approximate surface area is 115 Å². The highest BCUT2D eigenvalue weighted by Gasteiger charge is 2.38. The molecule has 1 saturated carbocycles. The van der Waals surface area contributed by atoms with Gasteiger partial charge in [0.1, 0.15) is 0 Å². The van der Waals surface area contributed by atoms with Crippen molar-refractivity contribution in [1.29, 1.82) is 0 Å². The van der Waals surface area contributed by atoms with Crippen molar-refractivity contribution in [2.45, 2.75) is 58.2 Å². The van der Waals surface area contributed by atoms with E-state index in [9.17, 15) is 0 Å². The molecule has 2 atom stereocenters. The quantitative estimate of drug-likeness (QED) is 0.744. The molecule has 5 heteroatoms. The van der Waals surface area contributed by atoms with Crippen LogP contribution in [-0.4, -0.2) is 34.8 Å². The van der Waals surface area contributed by atoms with Crippen molar-refractivity contribution in [3.05, 3.63) is 11.9 Å². The van der Waals surface area contributed by atoms with Crippen LogP contribution in [0, 0.1) is 5.92 Å².